The van der Waals surface area contributed by atoms with E-state index in [4.69, 9.17) is 16.3 Å². The molecule has 34 heavy (non-hydrogen) atoms. The van der Waals surface area contributed by atoms with Gasteiger partial charge in [0.15, 0.2) is 0 Å². The Hall–Kier alpha value is -3.57. The van der Waals surface area contributed by atoms with Crippen molar-refractivity contribution in [2.24, 2.45) is 5.92 Å². The topological polar surface area (TPSA) is 60.3 Å². The first-order valence-electron chi connectivity index (χ1n) is 11.3. The van der Waals surface area contributed by atoms with Crippen LogP contribution in [0.5, 0.6) is 0 Å². The zero-order valence-corrected chi connectivity index (χ0v) is 19.6. The normalized spacial score (nSPS) is 14.1. The molecule has 1 heterocycles. The number of halogens is 1. The molecular formula is C28H25ClN2O3. The van der Waals surface area contributed by atoms with E-state index in [0.29, 0.717) is 28.6 Å². The van der Waals surface area contributed by atoms with Gasteiger partial charge in [-0.3, -0.25) is 4.79 Å². The lowest BCUT2D eigenvalue weighted by atomic mass is 10.00. The third-order valence-electron chi connectivity index (χ3n) is 6.37. The quantitative estimate of drug-likeness (QED) is 0.335. The molecule has 4 aromatic rings. The molecule has 172 valence electrons. The molecular weight excluding hydrogens is 448 g/mol. The second-order valence-corrected chi connectivity index (χ2v) is 9.15. The highest BCUT2D eigenvalue weighted by Gasteiger charge is 2.34. The van der Waals surface area contributed by atoms with Gasteiger partial charge in [0, 0.05) is 23.2 Å². The Morgan fingerprint density at radius 2 is 1.76 bits per heavy atom. The van der Waals surface area contributed by atoms with Gasteiger partial charge in [0.1, 0.15) is 0 Å². The van der Waals surface area contributed by atoms with E-state index in [1.807, 2.05) is 66.9 Å². The lowest BCUT2D eigenvalue weighted by molar-refractivity contribution is 0.0600. The Balaban J connectivity index is 1.42. The monoisotopic (exact) mass is 472 g/mol. The number of ether oxygens (including phenoxy) is 1. The number of carbonyl (C=O) groups is 2. The molecule has 1 N–H and O–H groups in total. The molecule has 3 aromatic carbocycles. The Labute approximate surface area is 203 Å². The number of hydrogen-bond donors (Lipinski definition) is 1. The minimum absolute atomic E-state index is 0.101. The summed E-state index contributed by atoms with van der Waals surface area (Å²) < 4.78 is 6.90. The van der Waals surface area contributed by atoms with Crippen molar-refractivity contribution < 1.29 is 14.3 Å². The molecule has 6 heteroatoms. The van der Waals surface area contributed by atoms with E-state index in [9.17, 15) is 9.59 Å². The SMILES string of the molecule is COC(=O)c1ccc(C(NC(=O)c2cccc3ccn(Cc4ccc(Cl)cc4)c23)C2CC2)cc1. The van der Waals surface area contributed by atoms with Gasteiger partial charge in [0.25, 0.3) is 5.91 Å². The van der Waals surface area contributed by atoms with Crippen LogP contribution in [0.4, 0.5) is 0 Å². The number of benzene rings is 3. The number of aromatic nitrogens is 1. The van der Waals surface area contributed by atoms with E-state index >= 15 is 0 Å². The molecule has 1 amide bonds. The summed E-state index contributed by atoms with van der Waals surface area (Å²) in [6.07, 6.45) is 4.15. The minimum Gasteiger partial charge on any atom is -0.465 e. The largest absolute Gasteiger partial charge is 0.465 e. The van der Waals surface area contributed by atoms with E-state index in [-0.39, 0.29) is 17.9 Å². The Bertz CT molecular complexity index is 1340. The van der Waals surface area contributed by atoms with Crippen LogP contribution in [-0.2, 0) is 11.3 Å². The second kappa shape index (κ2) is 9.35. The van der Waals surface area contributed by atoms with Gasteiger partial charge in [-0.15, -0.1) is 0 Å². The molecule has 0 saturated heterocycles. The third-order valence-corrected chi connectivity index (χ3v) is 6.62. The van der Waals surface area contributed by atoms with Crippen LogP contribution >= 0.6 is 11.6 Å². The van der Waals surface area contributed by atoms with E-state index in [2.05, 4.69) is 9.88 Å². The minimum atomic E-state index is -0.369. The van der Waals surface area contributed by atoms with Crippen LogP contribution in [0.2, 0.25) is 5.02 Å². The second-order valence-electron chi connectivity index (χ2n) is 8.72. The summed E-state index contributed by atoms with van der Waals surface area (Å²) in [5, 5.41) is 4.99. The molecule has 0 radical (unpaired) electrons. The molecule has 0 bridgehead atoms. The number of methoxy groups -OCH3 is 1. The first-order chi connectivity index (χ1) is 16.5. The molecule has 1 aromatic heterocycles. The van der Waals surface area contributed by atoms with Crippen molar-refractivity contribution in [3.05, 3.63) is 106 Å². The van der Waals surface area contributed by atoms with Gasteiger partial charge in [0.05, 0.1) is 29.8 Å². The van der Waals surface area contributed by atoms with Gasteiger partial charge < -0.3 is 14.6 Å². The predicted octanol–water partition coefficient (Wildman–Crippen LogP) is 6.01. The summed E-state index contributed by atoms with van der Waals surface area (Å²) >= 11 is 6.03. The average Bonchev–Trinajstić information content (AvgIpc) is 3.63. The summed E-state index contributed by atoms with van der Waals surface area (Å²) in [6, 6.07) is 22.8. The third kappa shape index (κ3) is 4.57. The zero-order chi connectivity index (χ0) is 23.7. The maximum atomic E-state index is 13.5. The molecule has 5 rings (SSSR count). The van der Waals surface area contributed by atoms with Gasteiger partial charge in [0.2, 0.25) is 0 Å². The molecule has 1 atom stereocenters. The Morgan fingerprint density at radius 1 is 1.03 bits per heavy atom. The highest BCUT2D eigenvalue weighted by Crippen LogP contribution is 2.41. The van der Waals surface area contributed by atoms with Gasteiger partial charge in [-0.25, -0.2) is 4.79 Å². The Kier molecular flexibility index (Phi) is 6.12. The van der Waals surface area contributed by atoms with Crippen molar-refractivity contribution in [2.45, 2.75) is 25.4 Å². The fourth-order valence-electron chi connectivity index (χ4n) is 4.43. The smallest absolute Gasteiger partial charge is 0.337 e. The lowest BCUT2D eigenvalue weighted by Crippen LogP contribution is -2.30. The number of carbonyl (C=O) groups excluding carboxylic acids is 2. The van der Waals surface area contributed by atoms with Crippen LogP contribution in [0.1, 0.15) is 50.7 Å². The summed E-state index contributed by atoms with van der Waals surface area (Å²) in [7, 11) is 1.37. The fraction of sp³-hybridized carbons (Fsp3) is 0.214. The van der Waals surface area contributed by atoms with Gasteiger partial charge >= 0.3 is 5.97 Å². The van der Waals surface area contributed by atoms with E-state index in [0.717, 1.165) is 34.9 Å². The van der Waals surface area contributed by atoms with Crippen LogP contribution in [-0.4, -0.2) is 23.6 Å². The number of amides is 1. The number of fused-ring (bicyclic) bond motifs is 1. The standard InChI is InChI=1S/C28H25ClN2O3/c1-34-28(33)22-11-9-20(10-12-22)25(19-7-8-19)30-27(32)24-4-2-3-21-15-16-31(26(21)24)17-18-5-13-23(29)14-6-18/h2-6,9-16,19,25H,7-8,17H2,1H3,(H,30,32). The van der Waals surface area contributed by atoms with Gasteiger partial charge in [-0.2, -0.15) is 0 Å². The molecule has 0 spiro atoms. The summed E-state index contributed by atoms with van der Waals surface area (Å²) in [6.45, 7) is 0.645. The maximum Gasteiger partial charge on any atom is 0.337 e. The van der Waals surface area contributed by atoms with Crippen molar-refractivity contribution >= 4 is 34.4 Å². The number of para-hydroxylation sites is 1. The number of hydrogen-bond acceptors (Lipinski definition) is 3. The zero-order valence-electron chi connectivity index (χ0n) is 18.8. The molecule has 1 saturated carbocycles. The average molecular weight is 473 g/mol. The van der Waals surface area contributed by atoms with E-state index in [1.54, 1.807) is 12.1 Å². The summed E-state index contributed by atoms with van der Waals surface area (Å²) in [5.41, 5.74) is 4.15. The maximum absolute atomic E-state index is 13.5. The highest BCUT2D eigenvalue weighted by atomic mass is 35.5. The van der Waals surface area contributed by atoms with Crippen molar-refractivity contribution in [1.29, 1.82) is 0 Å². The van der Waals surface area contributed by atoms with E-state index < -0.39 is 0 Å². The lowest BCUT2D eigenvalue weighted by Gasteiger charge is -2.20. The first kappa shape index (κ1) is 22.2. The number of esters is 1. The van der Waals surface area contributed by atoms with Crippen LogP contribution in [0.25, 0.3) is 10.9 Å². The van der Waals surface area contributed by atoms with Crippen LogP contribution < -0.4 is 5.32 Å². The highest BCUT2D eigenvalue weighted by molar-refractivity contribution is 6.30. The van der Waals surface area contributed by atoms with Crippen LogP contribution in [0.15, 0.2) is 79.0 Å². The van der Waals surface area contributed by atoms with Crippen molar-refractivity contribution in [3.8, 4) is 0 Å². The van der Waals surface area contributed by atoms with Crippen molar-refractivity contribution in [2.75, 3.05) is 7.11 Å². The Morgan fingerprint density at radius 3 is 2.44 bits per heavy atom. The van der Waals surface area contributed by atoms with Gasteiger partial charge in [-0.1, -0.05) is 48.0 Å². The molecule has 1 aliphatic carbocycles. The van der Waals surface area contributed by atoms with Crippen molar-refractivity contribution in [3.63, 3.8) is 0 Å². The molecule has 5 nitrogen and oxygen atoms in total. The molecule has 1 aliphatic rings. The fourth-order valence-corrected chi connectivity index (χ4v) is 4.55. The van der Waals surface area contributed by atoms with E-state index in [1.165, 1.54) is 7.11 Å². The predicted molar refractivity (Wildman–Crippen MR) is 133 cm³/mol. The first-order valence-corrected chi connectivity index (χ1v) is 11.7. The summed E-state index contributed by atoms with van der Waals surface area (Å²) in [5.74, 6) is -0.0738. The molecule has 0 aliphatic heterocycles. The number of nitrogens with zero attached hydrogens (tertiary/aromatic N) is 1. The number of rotatable bonds is 7. The van der Waals surface area contributed by atoms with Crippen LogP contribution in [0, 0.1) is 5.92 Å². The molecule has 1 unspecified atom stereocenters. The number of nitrogens with one attached hydrogen (secondary N) is 1. The van der Waals surface area contributed by atoms with Crippen molar-refractivity contribution in [1.82, 2.24) is 9.88 Å². The molecule has 1 fully saturated rings. The van der Waals surface area contributed by atoms with Crippen LogP contribution in [0.3, 0.4) is 0 Å². The van der Waals surface area contributed by atoms with Gasteiger partial charge in [-0.05, 0) is 66.3 Å². The summed E-state index contributed by atoms with van der Waals surface area (Å²) in [4.78, 5) is 25.3.